The molecule has 6 nitrogen and oxygen atoms in total. The van der Waals surface area contributed by atoms with E-state index >= 15 is 0 Å². The van der Waals surface area contributed by atoms with Crippen molar-refractivity contribution in [1.82, 2.24) is 15.2 Å². The summed E-state index contributed by atoms with van der Waals surface area (Å²) in [6, 6.07) is 14.0. The first-order valence-corrected chi connectivity index (χ1v) is 8.95. The smallest absolute Gasteiger partial charge is 0.261 e. The summed E-state index contributed by atoms with van der Waals surface area (Å²) >= 11 is 0. The SMILES string of the molecule is O=C(NCc1ccccc1F)c1ccc2c(c1)C(=O)N(Cc1ccncc1)C2=O. The van der Waals surface area contributed by atoms with Crippen LogP contribution in [0, 0.1) is 5.82 Å². The van der Waals surface area contributed by atoms with E-state index in [1.165, 1.54) is 24.3 Å². The molecule has 0 unspecified atom stereocenters. The second-order valence-electron chi connectivity index (χ2n) is 6.59. The highest BCUT2D eigenvalue weighted by molar-refractivity contribution is 6.22. The zero-order valence-electron chi connectivity index (χ0n) is 15.3. The van der Waals surface area contributed by atoms with E-state index in [4.69, 9.17) is 0 Å². The zero-order valence-corrected chi connectivity index (χ0v) is 15.3. The number of benzene rings is 2. The molecule has 7 heteroatoms. The van der Waals surface area contributed by atoms with E-state index in [-0.39, 0.29) is 29.8 Å². The Labute approximate surface area is 166 Å². The Morgan fingerprint density at radius 1 is 0.966 bits per heavy atom. The van der Waals surface area contributed by atoms with Crippen molar-refractivity contribution in [1.29, 1.82) is 0 Å². The van der Waals surface area contributed by atoms with Gasteiger partial charge in [0.05, 0.1) is 17.7 Å². The first-order valence-electron chi connectivity index (χ1n) is 8.95. The van der Waals surface area contributed by atoms with Crippen molar-refractivity contribution in [3.05, 3.63) is 101 Å². The van der Waals surface area contributed by atoms with Crippen LogP contribution >= 0.6 is 0 Å². The second kappa shape index (κ2) is 7.63. The largest absolute Gasteiger partial charge is 0.348 e. The number of aromatic nitrogens is 1. The number of fused-ring (bicyclic) bond motifs is 1. The van der Waals surface area contributed by atoms with Crippen molar-refractivity contribution in [2.75, 3.05) is 0 Å². The molecule has 4 rings (SSSR count). The molecule has 0 atom stereocenters. The molecule has 1 aromatic heterocycles. The first kappa shape index (κ1) is 18.5. The van der Waals surface area contributed by atoms with Crippen LogP contribution in [-0.2, 0) is 13.1 Å². The van der Waals surface area contributed by atoms with E-state index in [1.54, 1.807) is 42.7 Å². The van der Waals surface area contributed by atoms with Gasteiger partial charge in [-0.25, -0.2) is 4.39 Å². The lowest BCUT2D eigenvalue weighted by molar-refractivity contribution is 0.0642. The number of rotatable bonds is 5. The van der Waals surface area contributed by atoms with Gasteiger partial charge in [0.15, 0.2) is 0 Å². The molecular formula is C22H16FN3O3. The molecule has 0 radical (unpaired) electrons. The molecule has 3 amide bonds. The molecule has 144 valence electrons. The van der Waals surface area contributed by atoms with Gasteiger partial charge in [-0.3, -0.25) is 24.3 Å². The summed E-state index contributed by atoms with van der Waals surface area (Å²) in [7, 11) is 0. The Morgan fingerprint density at radius 2 is 1.69 bits per heavy atom. The number of carbonyl (C=O) groups excluding carboxylic acids is 3. The number of amides is 3. The molecule has 0 fully saturated rings. The highest BCUT2D eigenvalue weighted by Gasteiger charge is 2.36. The van der Waals surface area contributed by atoms with Gasteiger partial charge in [-0.15, -0.1) is 0 Å². The lowest BCUT2D eigenvalue weighted by atomic mass is 10.1. The number of nitrogens with zero attached hydrogens (tertiary/aromatic N) is 2. The Hall–Kier alpha value is -3.87. The maximum atomic E-state index is 13.7. The minimum atomic E-state index is -0.455. The van der Waals surface area contributed by atoms with Gasteiger partial charge in [0.25, 0.3) is 17.7 Å². The number of hydrogen-bond donors (Lipinski definition) is 1. The van der Waals surface area contributed by atoms with Gasteiger partial charge in [0.1, 0.15) is 5.82 Å². The molecule has 3 aromatic rings. The van der Waals surface area contributed by atoms with Gasteiger partial charge in [0, 0.05) is 30.1 Å². The van der Waals surface area contributed by atoms with Gasteiger partial charge >= 0.3 is 0 Å². The van der Waals surface area contributed by atoms with Gasteiger partial charge in [-0.05, 0) is 42.0 Å². The first-order chi connectivity index (χ1) is 14.0. The third kappa shape index (κ3) is 3.62. The number of carbonyl (C=O) groups is 3. The molecule has 0 aliphatic carbocycles. The predicted molar refractivity (Wildman–Crippen MR) is 102 cm³/mol. The minimum absolute atomic E-state index is 0.0175. The molecule has 1 aliphatic rings. The van der Waals surface area contributed by atoms with E-state index in [0.29, 0.717) is 5.56 Å². The van der Waals surface area contributed by atoms with Crippen molar-refractivity contribution < 1.29 is 18.8 Å². The van der Waals surface area contributed by atoms with Gasteiger partial charge in [-0.1, -0.05) is 18.2 Å². The summed E-state index contributed by atoms with van der Waals surface area (Å²) in [5, 5.41) is 2.63. The molecule has 0 saturated carbocycles. The number of pyridine rings is 1. The van der Waals surface area contributed by atoms with Crippen molar-refractivity contribution in [3.63, 3.8) is 0 Å². The quantitative estimate of drug-likeness (QED) is 0.681. The van der Waals surface area contributed by atoms with Gasteiger partial charge in [0.2, 0.25) is 0 Å². The van der Waals surface area contributed by atoms with Crippen molar-refractivity contribution >= 4 is 17.7 Å². The Morgan fingerprint density at radius 3 is 2.45 bits per heavy atom. The topological polar surface area (TPSA) is 79.4 Å². The molecular weight excluding hydrogens is 373 g/mol. The van der Waals surface area contributed by atoms with Crippen LogP contribution < -0.4 is 5.32 Å². The molecule has 1 N–H and O–H groups in total. The van der Waals surface area contributed by atoms with Crippen LogP contribution in [0.5, 0.6) is 0 Å². The summed E-state index contributed by atoms with van der Waals surface area (Å²) < 4.78 is 13.7. The fraction of sp³-hybridized carbons (Fsp3) is 0.0909. The summed E-state index contributed by atoms with van der Waals surface area (Å²) in [4.78, 5) is 42.8. The van der Waals surface area contributed by atoms with Crippen LogP contribution in [0.15, 0.2) is 67.0 Å². The molecule has 2 aromatic carbocycles. The number of halogens is 1. The van der Waals surface area contributed by atoms with E-state index in [9.17, 15) is 18.8 Å². The average Bonchev–Trinajstić information content (AvgIpc) is 2.98. The van der Waals surface area contributed by atoms with Gasteiger partial charge in [-0.2, -0.15) is 0 Å². The third-order valence-electron chi connectivity index (χ3n) is 4.72. The van der Waals surface area contributed by atoms with Crippen LogP contribution in [0.3, 0.4) is 0 Å². The van der Waals surface area contributed by atoms with Crippen molar-refractivity contribution in [2.45, 2.75) is 13.1 Å². The second-order valence-corrected chi connectivity index (χ2v) is 6.59. The van der Waals surface area contributed by atoms with E-state index in [2.05, 4.69) is 10.3 Å². The maximum Gasteiger partial charge on any atom is 0.261 e. The minimum Gasteiger partial charge on any atom is -0.348 e. The average molecular weight is 389 g/mol. The highest BCUT2D eigenvalue weighted by Crippen LogP contribution is 2.25. The summed E-state index contributed by atoms with van der Waals surface area (Å²) in [6.07, 6.45) is 3.18. The predicted octanol–water partition coefficient (Wildman–Crippen LogP) is 2.95. The molecule has 0 bridgehead atoms. The lowest BCUT2D eigenvalue weighted by Gasteiger charge is -2.13. The summed E-state index contributed by atoms with van der Waals surface area (Å²) in [5.41, 5.74) is 1.80. The lowest BCUT2D eigenvalue weighted by Crippen LogP contribution is -2.29. The fourth-order valence-corrected chi connectivity index (χ4v) is 3.17. The number of hydrogen-bond acceptors (Lipinski definition) is 4. The Balaban J connectivity index is 1.51. The van der Waals surface area contributed by atoms with E-state index < -0.39 is 23.5 Å². The number of nitrogens with one attached hydrogen (secondary N) is 1. The standard InChI is InChI=1S/C22H16FN3O3/c23-19-4-2-1-3-16(19)12-25-20(27)15-5-6-17-18(11-15)22(29)26(21(17)28)13-14-7-9-24-10-8-14/h1-11H,12-13H2,(H,25,27). The third-order valence-corrected chi connectivity index (χ3v) is 4.72. The molecule has 0 spiro atoms. The van der Waals surface area contributed by atoms with Crippen molar-refractivity contribution in [2.24, 2.45) is 0 Å². The summed E-state index contributed by atoms with van der Waals surface area (Å²) in [5.74, 6) is -1.72. The molecule has 0 saturated heterocycles. The van der Waals surface area contributed by atoms with E-state index in [1.807, 2.05) is 0 Å². The van der Waals surface area contributed by atoms with E-state index in [0.717, 1.165) is 10.5 Å². The molecule has 2 heterocycles. The fourth-order valence-electron chi connectivity index (χ4n) is 3.17. The monoisotopic (exact) mass is 389 g/mol. The van der Waals surface area contributed by atoms with Crippen LogP contribution in [0.25, 0.3) is 0 Å². The summed E-state index contributed by atoms with van der Waals surface area (Å²) in [6.45, 7) is 0.146. The number of imide groups is 1. The maximum absolute atomic E-state index is 13.7. The van der Waals surface area contributed by atoms with Crippen LogP contribution in [0.2, 0.25) is 0 Å². The van der Waals surface area contributed by atoms with Crippen LogP contribution in [-0.4, -0.2) is 27.6 Å². The normalized spacial score (nSPS) is 12.8. The molecule has 29 heavy (non-hydrogen) atoms. The zero-order chi connectivity index (χ0) is 20.4. The van der Waals surface area contributed by atoms with Gasteiger partial charge < -0.3 is 5.32 Å². The van der Waals surface area contributed by atoms with Crippen LogP contribution in [0.4, 0.5) is 4.39 Å². The highest BCUT2D eigenvalue weighted by atomic mass is 19.1. The Bertz CT molecular complexity index is 1120. The molecule has 1 aliphatic heterocycles. The van der Waals surface area contributed by atoms with Crippen molar-refractivity contribution in [3.8, 4) is 0 Å². The Kier molecular flexibility index (Phi) is 4.87. The van der Waals surface area contributed by atoms with Crippen LogP contribution in [0.1, 0.15) is 42.2 Å².